The van der Waals surface area contributed by atoms with Gasteiger partial charge >= 0.3 is 5.97 Å². The van der Waals surface area contributed by atoms with Crippen LogP contribution in [0.2, 0.25) is 0 Å². The monoisotopic (exact) mass is 265 g/mol. The van der Waals surface area contributed by atoms with Crippen molar-refractivity contribution in [3.8, 4) is 0 Å². The molecule has 106 valence electrons. The van der Waals surface area contributed by atoms with Gasteiger partial charge in [0.2, 0.25) is 0 Å². The molecule has 19 heavy (non-hydrogen) atoms. The number of aryl methyl sites for hydroxylation is 1. The molecule has 0 unspecified atom stereocenters. The highest BCUT2D eigenvalue weighted by atomic mass is 16.4. The lowest BCUT2D eigenvalue weighted by Gasteiger charge is -2.17. The number of carboxylic acid groups (broad SMARTS) is 1. The molecule has 0 aliphatic heterocycles. The normalized spacial score (nSPS) is 10.7. The van der Waals surface area contributed by atoms with E-state index < -0.39 is 5.97 Å². The summed E-state index contributed by atoms with van der Waals surface area (Å²) >= 11 is 0. The highest BCUT2D eigenvalue weighted by Gasteiger charge is 2.08. The van der Waals surface area contributed by atoms with Gasteiger partial charge in [-0.05, 0) is 45.1 Å². The Hall–Kier alpha value is -1.62. The van der Waals surface area contributed by atoms with Crippen molar-refractivity contribution < 1.29 is 9.90 Å². The summed E-state index contributed by atoms with van der Waals surface area (Å²) < 4.78 is 0. The second-order valence-electron chi connectivity index (χ2n) is 4.44. The van der Waals surface area contributed by atoms with E-state index in [0.29, 0.717) is 5.69 Å². The molecule has 1 rings (SSSR count). The number of nitrogens with zero attached hydrogens (tertiary/aromatic N) is 2. The minimum absolute atomic E-state index is 0.258. The van der Waals surface area contributed by atoms with E-state index in [4.69, 9.17) is 5.11 Å². The summed E-state index contributed by atoms with van der Waals surface area (Å²) in [6.07, 6.45) is 1.04. The molecule has 0 spiro atoms. The van der Waals surface area contributed by atoms with Crippen LogP contribution in [-0.2, 0) is 0 Å². The first-order valence-corrected chi connectivity index (χ1v) is 6.75. The van der Waals surface area contributed by atoms with E-state index >= 15 is 0 Å². The van der Waals surface area contributed by atoms with E-state index in [0.717, 1.165) is 38.4 Å². The Kier molecular flexibility index (Phi) is 6.29. The molecule has 1 aromatic rings. The standard InChI is InChI=1S/C14H23N3O2/c1-4-17(5-2)10-6-9-15-13-8-7-12(14(18)19)11(3)16-13/h7-8H,4-6,9-10H2,1-3H3,(H,15,16)(H,18,19). The van der Waals surface area contributed by atoms with Crippen molar-refractivity contribution in [3.05, 3.63) is 23.4 Å². The van der Waals surface area contributed by atoms with Crippen molar-refractivity contribution in [3.63, 3.8) is 0 Å². The van der Waals surface area contributed by atoms with Crippen LogP contribution in [0.5, 0.6) is 0 Å². The summed E-state index contributed by atoms with van der Waals surface area (Å²) in [5, 5.41) is 12.1. The van der Waals surface area contributed by atoms with Crippen molar-refractivity contribution in [2.24, 2.45) is 0 Å². The summed E-state index contributed by atoms with van der Waals surface area (Å²) in [4.78, 5) is 17.5. The molecule has 0 atom stereocenters. The molecule has 0 amide bonds. The highest BCUT2D eigenvalue weighted by Crippen LogP contribution is 2.10. The van der Waals surface area contributed by atoms with Gasteiger partial charge < -0.3 is 15.3 Å². The highest BCUT2D eigenvalue weighted by molar-refractivity contribution is 5.89. The predicted molar refractivity (Wildman–Crippen MR) is 76.8 cm³/mol. The third kappa shape index (κ3) is 4.87. The van der Waals surface area contributed by atoms with Crippen LogP contribution in [0, 0.1) is 6.92 Å². The lowest BCUT2D eigenvalue weighted by Crippen LogP contribution is -2.25. The van der Waals surface area contributed by atoms with Gasteiger partial charge in [-0.2, -0.15) is 0 Å². The van der Waals surface area contributed by atoms with Gasteiger partial charge in [-0.3, -0.25) is 0 Å². The zero-order chi connectivity index (χ0) is 14.3. The maximum absolute atomic E-state index is 10.9. The number of hydrogen-bond acceptors (Lipinski definition) is 4. The smallest absolute Gasteiger partial charge is 0.337 e. The largest absolute Gasteiger partial charge is 0.478 e. The van der Waals surface area contributed by atoms with Gasteiger partial charge in [-0.15, -0.1) is 0 Å². The summed E-state index contributed by atoms with van der Waals surface area (Å²) in [6.45, 7) is 10.1. The van der Waals surface area contributed by atoms with Gasteiger partial charge in [0.05, 0.1) is 11.3 Å². The molecule has 5 heteroatoms. The molecule has 0 bridgehead atoms. The number of aromatic nitrogens is 1. The van der Waals surface area contributed by atoms with Crippen LogP contribution in [0.4, 0.5) is 5.82 Å². The van der Waals surface area contributed by atoms with E-state index in [1.54, 1.807) is 19.1 Å². The molecule has 0 radical (unpaired) electrons. The lowest BCUT2D eigenvalue weighted by molar-refractivity contribution is 0.0695. The molecule has 1 aromatic heterocycles. The molecule has 0 aromatic carbocycles. The van der Waals surface area contributed by atoms with Crippen LogP contribution < -0.4 is 5.32 Å². The van der Waals surface area contributed by atoms with Gasteiger partial charge in [0.25, 0.3) is 0 Å². The summed E-state index contributed by atoms with van der Waals surface area (Å²) in [5.41, 5.74) is 0.801. The SMILES string of the molecule is CCN(CC)CCCNc1ccc(C(=O)O)c(C)n1. The summed E-state index contributed by atoms with van der Waals surface area (Å²) in [6, 6.07) is 3.31. The number of carbonyl (C=O) groups is 1. The van der Waals surface area contributed by atoms with E-state index in [2.05, 4.69) is 29.0 Å². The first kappa shape index (κ1) is 15.4. The van der Waals surface area contributed by atoms with Crippen LogP contribution in [-0.4, -0.2) is 47.1 Å². The average molecular weight is 265 g/mol. The van der Waals surface area contributed by atoms with Gasteiger partial charge in [-0.1, -0.05) is 13.8 Å². The summed E-state index contributed by atoms with van der Waals surface area (Å²) in [5.74, 6) is -0.194. The van der Waals surface area contributed by atoms with E-state index in [1.165, 1.54) is 0 Å². The molecular weight excluding hydrogens is 242 g/mol. The number of pyridine rings is 1. The third-order valence-electron chi connectivity index (χ3n) is 3.17. The Morgan fingerprint density at radius 3 is 2.58 bits per heavy atom. The molecule has 0 saturated heterocycles. The van der Waals surface area contributed by atoms with Crippen LogP contribution >= 0.6 is 0 Å². The van der Waals surface area contributed by atoms with Crippen LogP contribution in [0.25, 0.3) is 0 Å². The molecule has 1 heterocycles. The maximum Gasteiger partial charge on any atom is 0.337 e. The van der Waals surface area contributed by atoms with Gasteiger partial charge in [0.15, 0.2) is 0 Å². The molecular formula is C14H23N3O2. The van der Waals surface area contributed by atoms with Crippen molar-refractivity contribution in [1.82, 2.24) is 9.88 Å². The third-order valence-corrected chi connectivity index (χ3v) is 3.17. The quantitative estimate of drug-likeness (QED) is 0.706. The number of anilines is 1. The molecule has 5 nitrogen and oxygen atoms in total. The fourth-order valence-corrected chi connectivity index (χ4v) is 1.94. The number of rotatable bonds is 8. The van der Waals surface area contributed by atoms with Crippen molar-refractivity contribution >= 4 is 11.8 Å². The molecule has 0 fully saturated rings. The Balaban J connectivity index is 2.42. The zero-order valence-electron chi connectivity index (χ0n) is 11.9. The fraction of sp³-hybridized carbons (Fsp3) is 0.571. The first-order chi connectivity index (χ1) is 9.08. The lowest BCUT2D eigenvalue weighted by atomic mass is 10.2. The van der Waals surface area contributed by atoms with Gasteiger partial charge in [-0.25, -0.2) is 9.78 Å². The van der Waals surface area contributed by atoms with Crippen molar-refractivity contribution in [2.75, 3.05) is 31.5 Å². The number of carboxylic acids is 1. The molecule has 0 saturated carbocycles. The Labute approximate surface area is 114 Å². The maximum atomic E-state index is 10.9. The average Bonchev–Trinajstić information content (AvgIpc) is 2.38. The van der Waals surface area contributed by atoms with E-state index in [-0.39, 0.29) is 5.56 Å². The van der Waals surface area contributed by atoms with Gasteiger partial charge in [0.1, 0.15) is 5.82 Å². The first-order valence-electron chi connectivity index (χ1n) is 6.75. The molecule has 0 aliphatic carbocycles. The number of aromatic carboxylic acids is 1. The molecule has 0 aliphatic rings. The minimum Gasteiger partial charge on any atom is -0.478 e. The predicted octanol–water partition coefficient (Wildman–Crippen LogP) is 2.23. The van der Waals surface area contributed by atoms with E-state index in [9.17, 15) is 4.79 Å². The topological polar surface area (TPSA) is 65.5 Å². The second-order valence-corrected chi connectivity index (χ2v) is 4.44. The second kappa shape index (κ2) is 7.74. The van der Waals surface area contributed by atoms with Crippen molar-refractivity contribution in [1.29, 1.82) is 0 Å². The van der Waals surface area contributed by atoms with Crippen LogP contribution in [0.3, 0.4) is 0 Å². The van der Waals surface area contributed by atoms with Gasteiger partial charge in [0, 0.05) is 6.54 Å². The Bertz CT molecular complexity index is 417. The number of hydrogen-bond donors (Lipinski definition) is 2. The van der Waals surface area contributed by atoms with E-state index in [1.807, 2.05) is 0 Å². The zero-order valence-corrected chi connectivity index (χ0v) is 11.9. The Morgan fingerprint density at radius 2 is 2.05 bits per heavy atom. The minimum atomic E-state index is -0.932. The number of nitrogens with one attached hydrogen (secondary N) is 1. The van der Waals surface area contributed by atoms with Crippen LogP contribution in [0.1, 0.15) is 36.3 Å². The summed E-state index contributed by atoms with van der Waals surface area (Å²) in [7, 11) is 0. The Morgan fingerprint density at radius 1 is 1.37 bits per heavy atom. The van der Waals surface area contributed by atoms with Crippen LogP contribution in [0.15, 0.2) is 12.1 Å². The fourth-order valence-electron chi connectivity index (χ4n) is 1.94. The van der Waals surface area contributed by atoms with Crippen molar-refractivity contribution in [2.45, 2.75) is 27.2 Å². The molecule has 2 N–H and O–H groups in total.